The first-order chi connectivity index (χ1) is 4.86. The maximum Gasteiger partial charge on any atom is 0.170 e. The summed E-state index contributed by atoms with van der Waals surface area (Å²) in [6.07, 6.45) is 3.09. The molecule has 0 fully saturated rings. The van der Waals surface area contributed by atoms with Crippen LogP contribution in [-0.2, 0) is 0 Å². The lowest BCUT2D eigenvalue weighted by Crippen LogP contribution is -1.89. The normalized spacial score (nSPS) is 8.30. The van der Waals surface area contributed by atoms with Crippen LogP contribution >= 0.6 is 0 Å². The Morgan fingerprint density at radius 2 is 2.30 bits per heavy atom. The number of aldehydes is 1. The lowest BCUT2D eigenvalue weighted by atomic mass is 10.4. The second-order valence-electron chi connectivity index (χ2n) is 1.56. The van der Waals surface area contributed by atoms with Crippen LogP contribution in [0.1, 0.15) is 16.2 Å². The summed E-state index contributed by atoms with van der Waals surface area (Å²) >= 11 is 0. The number of rotatable bonds is 1. The molecule has 48 valence electrons. The van der Waals surface area contributed by atoms with E-state index in [-0.39, 0.29) is 11.4 Å². The molecule has 0 radical (unpaired) electrons. The van der Waals surface area contributed by atoms with Crippen molar-refractivity contribution in [3.05, 3.63) is 23.8 Å². The monoisotopic (exact) mass is 133 g/mol. The maximum absolute atomic E-state index is 10.0. The van der Waals surface area contributed by atoms with Crippen molar-refractivity contribution in [2.75, 3.05) is 0 Å². The van der Waals surface area contributed by atoms with E-state index in [2.05, 4.69) is 9.97 Å². The SMILES string of the molecule is N#Cc1cnc(C=O)cn1. The van der Waals surface area contributed by atoms with Crippen LogP contribution in [0.4, 0.5) is 0 Å². The minimum atomic E-state index is 0.214. The fourth-order valence-corrected chi connectivity index (χ4v) is 0.457. The van der Waals surface area contributed by atoms with E-state index >= 15 is 0 Å². The lowest BCUT2D eigenvalue weighted by Gasteiger charge is -1.86. The molecule has 0 saturated heterocycles. The minimum absolute atomic E-state index is 0.214. The first-order valence-electron chi connectivity index (χ1n) is 2.54. The Balaban J connectivity index is 3.04. The van der Waals surface area contributed by atoms with E-state index < -0.39 is 0 Å². The smallest absolute Gasteiger partial charge is 0.170 e. The molecule has 1 aromatic heterocycles. The Morgan fingerprint density at radius 1 is 1.50 bits per heavy atom. The van der Waals surface area contributed by atoms with Gasteiger partial charge in [0.2, 0.25) is 0 Å². The van der Waals surface area contributed by atoms with Gasteiger partial charge in [0.25, 0.3) is 0 Å². The van der Waals surface area contributed by atoms with Gasteiger partial charge in [-0.05, 0) is 0 Å². The zero-order chi connectivity index (χ0) is 7.40. The van der Waals surface area contributed by atoms with Crippen molar-refractivity contribution in [2.45, 2.75) is 0 Å². The maximum atomic E-state index is 10.0. The highest BCUT2D eigenvalue weighted by Gasteiger charge is 1.92. The average Bonchev–Trinajstić information content (AvgIpc) is 2.05. The number of nitrogens with zero attached hydrogens (tertiary/aromatic N) is 3. The van der Waals surface area contributed by atoms with Crippen LogP contribution in [0, 0.1) is 11.3 Å². The molecular weight excluding hydrogens is 130 g/mol. The molecule has 0 N–H and O–H groups in total. The molecule has 1 heterocycles. The molecular formula is C6H3N3O. The average molecular weight is 133 g/mol. The summed E-state index contributed by atoms with van der Waals surface area (Å²) < 4.78 is 0. The van der Waals surface area contributed by atoms with Gasteiger partial charge in [0, 0.05) is 0 Å². The van der Waals surface area contributed by atoms with Gasteiger partial charge in [-0.3, -0.25) is 4.79 Å². The van der Waals surface area contributed by atoms with Gasteiger partial charge < -0.3 is 0 Å². The van der Waals surface area contributed by atoms with Crippen molar-refractivity contribution in [2.24, 2.45) is 0 Å². The molecule has 4 heteroatoms. The Bertz CT molecular complexity index is 272. The second-order valence-corrected chi connectivity index (χ2v) is 1.56. The van der Waals surface area contributed by atoms with Gasteiger partial charge >= 0.3 is 0 Å². The van der Waals surface area contributed by atoms with Crippen molar-refractivity contribution in [1.82, 2.24) is 9.97 Å². The topological polar surface area (TPSA) is 66.6 Å². The molecule has 0 spiro atoms. The van der Waals surface area contributed by atoms with Crippen LogP contribution in [0.5, 0.6) is 0 Å². The van der Waals surface area contributed by atoms with Crippen molar-refractivity contribution in [1.29, 1.82) is 5.26 Å². The third kappa shape index (κ3) is 1.14. The number of hydrogen-bond donors (Lipinski definition) is 0. The van der Waals surface area contributed by atoms with Gasteiger partial charge in [-0.2, -0.15) is 5.26 Å². The second kappa shape index (κ2) is 2.69. The number of carbonyl (C=O) groups excluding carboxylic acids is 1. The third-order valence-corrected chi connectivity index (χ3v) is 0.907. The quantitative estimate of drug-likeness (QED) is 0.512. The standard InChI is InChI=1S/C6H3N3O/c7-1-5-2-9-6(4-10)3-8-5/h2-4H. The van der Waals surface area contributed by atoms with Gasteiger partial charge in [0.05, 0.1) is 12.4 Å². The van der Waals surface area contributed by atoms with Crippen LogP contribution in [-0.4, -0.2) is 16.3 Å². The van der Waals surface area contributed by atoms with Crippen LogP contribution in [0.2, 0.25) is 0 Å². The number of carbonyl (C=O) groups is 1. The first-order valence-corrected chi connectivity index (χ1v) is 2.54. The molecule has 0 aliphatic carbocycles. The van der Waals surface area contributed by atoms with Gasteiger partial charge in [-0.1, -0.05) is 0 Å². The summed E-state index contributed by atoms with van der Waals surface area (Å²) in [7, 11) is 0. The summed E-state index contributed by atoms with van der Waals surface area (Å²) in [5, 5.41) is 8.26. The molecule has 0 bridgehead atoms. The predicted molar refractivity (Wildman–Crippen MR) is 32.1 cm³/mol. The number of nitriles is 1. The molecule has 1 aromatic rings. The van der Waals surface area contributed by atoms with E-state index in [4.69, 9.17) is 5.26 Å². The van der Waals surface area contributed by atoms with E-state index in [1.54, 1.807) is 6.07 Å². The van der Waals surface area contributed by atoms with Crippen molar-refractivity contribution < 1.29 is 4.79 Å². The van der Waals surface area contributed by atoms with E-state index in [1.165, 1.54) is 12.4 Å². The summed E-state index contributed by atoms with van der Waals surface area (Å²) in [5.41, 5.74) is 0.449. The molecule has 0 amide bonds. The molecule has 1 rings (SSSR count). The molecule has 0 saturated carbocycles. The minimum Gasteiger partial charge on any atom is -0.296 e. The van der Waals surface area contributed by atoms with Crippen molar-refractivity contribution >= 4 is 6.29 Å². The Hall–Kier alpha value is -1.76. The van der Waals surface area contributed by atoms with Crippen LogP contribution in [0.3, 0.4) is 0 Å². The van der Waals surface area contributed by atoms with Crippen molar-refractivity contribution in [3.8, 4) is 6.07 Å². The van der Waals surface area contributed by atoms with Gasteiger partial charge in [-0.25, -0.2) is 9.97 Å². The van der Waals surface area contributed by atoms with Crippen LogP contribution in [0.25, 0.3) is 0 Å². The molecule has 4 nitrogen and oxygen atoms in total. The van der Waals surface area contributed by atoms with Crippen LogP contribution in [0.15, 0.2) is 12.4 Å². The molecule has 10 heavy (non-hydrogen) atoms. The lowest BCUT2D eigenvalue weighted by molar-refractivity contribution is 0.111. The predicted octanol–water partition coefficient (Wildman–Crippen LogP) is 0.161. The van der Waals surface area contributed by atoms with E-state index in [0.29, 0.717) is 6.29 Å². The zero-order valence-corrected chi connectivity index (χ0v) is 4.98. The molecule has 0 aliphatic rings. The first kappa shape index (κ1) is 6.36. The van der Waals surface area contributed by atoms with Gasteiger partial charge in [0.1, 0.15) is 11.8 Å². The Kier molecular flexibility index (Phi) is 1.71. The fraction of sp³-hybridized carbons (Fsp3) is 0. The summed E-state index contributed by atoms with van der Waals surface area (Å²) in [4.78, 5) is 17.2. The van der Waals surface area contributed by atoms with E-state index in [1.807, 2.05) is 0 Å². The molecule has 0 unspecified atom stereocenters. The third-order valence-electron chi connectivity index (χ3n) is 0.907. The van der Waals surface area contributed by atoms with Gasteiger partial charge in [0.15, 0.2) is 12.0 Å². The molecule has 0 aliphatic heterocycles. The molecule has 0 atom stereocenters. The Morgan fingerprint density at radius 3 is 2.70 bits per heavy atom. The van der Waals surface area contributed by atoms with Crippen molar-refractivity contribution in [3.63, 3.8) is 0 Å². The Labute approximate surface area is 57.2 Å². The molecule has 0 aromatic carbocycles. The summed E-state index contributed by atoms with van der Waals surface area (Å²) in [6, 6.07) is 1.79. The number of aromatic nitrogens is 2. The van der Waals surface area contributed by atoms with E-state index in [0.717, 1.165) is 0 Å². The largest absolute Gasteiger partial charge is 0.296 e. The van der Waals surface area contributed by atoms with Crippen LogP contribution < -0.4 is 0 Å². The highest BCUT2D eigenvalue weighted by Crippen LogP contribution is 1.89. The summed E-state index contributed by atoms with van der Waals surface area (Å²) in [5.74, 6) is 0. The van der Waals surface area contributed by atoms with E-state index in [9.17, 15) is 4.79 Å². The highest BCUT2D eigenvalue weighted by atomic mass is 16.1. The summed E-state index contributed by atoms with van der Waals surface area (Å²) in [6.45, 7) is 0. The zero-order valence-electron chi connectivity index (χ0n) is 4.98. The fourth-order valence-electron chi connectivity index (χ4n) is 0.457. The van der Waals surface area contributed by atoms with Gasteiger partial charge in [-0.15, -0.1) is 0 Å². The highest BCUT2D eigenvalue weighted by molar-refractivity contribution is 5.70. The number of hydrogen-bond acceptors (Lipinski definition) is 4.